The first kappa shape index (κ1) is 14.2. The maximum absolute atomic E-state index is 13.7. The van der Waals surface area contributed by atoms with Crippen LogP contribution in [0.3, 0.4) is 0 Å². The summed E-state index contributed by atoms with van der Waals surface area (Å²) in [6.07, 6.45) is 0. The summed E-state index contributed by atoms with van der Waals surface area (Å²) in [5.74, 6) is -2.13. The van der Waals surface area contributed by atoms with Crippen LogP contribution in [0.15, 0.2) is 17.0 Å². The van der Waals surface area contributed by atoms with E-state index in [9.17, 15) is 17.2 Å². The summed E-state index contributed by atoms with van der Waals surface area (Å²) in [5.41, 5.74) is 4.90. The number of rotatable bonds is 2. The van der Waals surface area contributed by atoms with Crippen molar-refractivity contribution in [3.05, 3.63) is 23.8 Å². The largest absolute Gasteiger partial charge is 0.396 e. The zero-order valence-corrected chi connectivity index (χ0v) is 11.1. The summed E-state index contributed by atoms with van der Waals surface area (Å²) in [4.78, 5) is -0.611. The van der Waals surface area contributed by atoms with Crippen molar-refractivity contribution in [2.75, 3.05) is 25.5 Å². The highest BCUT2D eigenvalue weighted by molar-refractivity contribution is 7.89. The highest BCUT2D eigenvalue weighted by Crippen LogP contribution is 2.26. The van der Waals surface area contributed by atoms with E-state index in [4.69, 9.17) is 10.5 Å². The number of nitrogens with two attached hydrogens (primary N) is 1. The van der Waals surface area contributed by atoms with Gasteiger partial charge in [-0.15, -0.1) is 0 Å². The van der Waals surface area contributed by atoms with Crippen LogP contribution in [0.2, 0.25) is 0 Å². The van der Waals surface area contributed by atoms with Crippen molar-refractivity contribution in [3.8, 4) is 0 Å². The molecular weight excluding hydrogens is 278 g/mol. The summed E-state index contributed by atoms with van der Waals surface area (Å²) in [6, 6.07) is 0.875. The first-order chi connectivity index (χ1) is 8.84. The minimum atomic E-state index is -4.05. The summed E-state index contributed by atoms with van der Waals surface area (Å²) in [7, 11) is -4.05. The fourth-order valence-electron chi connectivity index (χ4n) is 1.94. The third-order valence-corrected chi connectivity index (χ3v) is 4.97. The molecule has 1 aliphatic heterocycles. The molecule has 2 N–H and O–H groups in total. The third kappa shape index (κ3) is 2.56. The van der Waals surface area contributed by atoms with Gasteiger partial charge in [-0.3, -0.25) is 0 Å². The van der Waals surface area contributed by atoms with Crippen molar-refractivity contribution in [1.29, 1.82) is 0 Å². The van der Waals surface area contributed by atoms with Gasteiger partial charge in [0.25, 0.3) is 0 Å². The molecule has 1 aliphatic rings. The van der Waals surface area contributed by atoms with Gasteiger partial charge >= 0.3 is 0 Å². The molecule has 1 fully saturated rings. The summed E-state index contributed by atoms with van der Waals surface area (Å²) in [6.45, 7) is 2.25. The zero-order valence-electron chi connectivity index (χ0n) is 10.3. The van der Waals surface area contributed by atoms with E-state index < -0.39 is 38.3 Å². The summed E-state index contributed by atoms with van der Waals surface area (Å²) in [5, 5.41) is 0. The average molecular weight is 292 g/mol. The van der Waals surface area contributed by atoms with Gasteiger partial charge in [0.15, 0.2) is 0 Å². The number of nitrogen functional groups attached to an aromatic ring is 1. The zero-order chi connectivity index (χ0) is 14.2. The molecular formula is C11H14F2N2O3S. The summed E-state index contributed by atoms with van der Waals surface area (Å²) >= 11 is 0. The van der Waals surface area contributed by atoms with E-state index in [1.807, 2.05) is 0 Å². The Labute approximate surface area is 110 Å². The van der Waals surface area contributed by atoms with E-state index in [2.05, 4.69) is 0 Å². The molecule has 0 unspecified atom stereocenters. The maximum Gasteiger partial charge on any atom is 0.246 e. The van der Waals surface area contributed by atoms with Gasteiger partial charge in [0.1, 0.15) is 16.5 Å². The molecule has 0 amide bonds. The van der Waals surface area contributed by atoms with E-state index in [0.717, 1.165) is 10.4 Å². The van der Waals surface area contributed by atoms with Crippen LogP contribution in [0.25, 0.3) is 0 Å². The van der Waals surface area contributed by atoms with Crippen molar-refractivity contribution in [2.45, 2.75) is 17.9 Å². The molecule has 1 saturated heterocycles. The van der Waals surface area contributed by atoms with Gasteiger partial charge in [-0.2, -0.15) is 4.31 Å². The van der Waals surface area contributed by atoms with Crippen LogP contribution >= 0.6 is 0 Å². The Hall–Kier alpha value is -1.25. The highest BCUT2D eigenvalue weighted by Gasteiger charge is 2.33. The molecule has 106 valence electrons. The number of hydrogen-bond acceptors (Lipinski definition) is 4. The molecule has 5 nitrogen and oxygen atoms in total. The lowest BCUT2D eigenvalue weighted by Crippen LogP contribution is -2.47. The second-order valence-corrected chi connectivity index (χ2v) is 6.20. The minimum Gasteiger partial charge on any atom is -0.396 e. The van der Waals surface area contributed by atoms with E-state index in [-0.39, 0.29) is 19.8 Å². The Morgan fingerprint density at radius 2 is 2.05 bits per heavy atom. The smallest absolute Gasteiger partial charge is 0.246 e. The molecule has 2 rings (SSSR count). The molecule has 0 radical (unpaired) electrons. The standard InChI is InChI=1S/C11H14F2N2O3S/c1-7-6-18-3-2-15(7)19(16,17)11-5-10(14)8(12)4-9(11)13/h4-5,7H,2-3,6,14H2,1H3/t7-/m1/s1. The molecule has 0 aliphatic carbocycles. The first-order valence-corrected chi connectivity index (χ1v) is 7.12. The van der Waals surface area contributed by atoms with Crippen molar-refractivity contribution in [1.82, 2.24) is 4.31 Å². The predicted octanol–water partition coefficient (Wildman–Crippen LogP) is 0.956. The Morgan fingerprint density at radius 1 is 1.37 bits per heavy atom. The SMILES string of the molecule is C[C@@H]1COCCN1S(=O)(=O)c1cc(N)c(F)cc1F. The van der Waals surface area contributed by atoms with Crippen molar-refractivity contribution in [3.63, 3.8) is 0 Å². The number of sulfonamides is 1. The lowest BCUT2D eigenvalue weighted by Gasteiger charge is -2.32. The molecule has 19 heavy (non-hydrogen) atoms. The number of morpholine rings is 1. The van der Waals surface area contributed by atoms with Crippen molar-refractivity contribution in [2.24, 2.45) is 0 Å². The number of anilines is 1. The molecule has 0 aromatic heterocycles. The molecule has 8 heteroatoms. The van der Waals surface area contributed by atoms with Crippen LogP contribution in [-0.4, -0.2) is 38.5 Å². The second kappa shape index (κ2) is 5.03. The second-order valence-electron chi connectivity index (χ2n) is 4.34. The lowest BCUT2D eigenvalue weighted by atomic mass is 10.3. The van der Waals surface area contributed by atoms with Crippen LogP contribution < -0.4 is 5.73 Å². The fourth-order valence-corrected chi connectivity index (χ4v) is 3.62. The molecule has 0 saturated carbocycles. The number of benzene rings is 1. The predicted molar refractivity (Wildman–Crippen MR) is 64.9 cm³/mol. The number of hydrogen-bond donors (Lipinski definition) is 1. The normalized spacial score (nSPS) is 21.5. The van der Waals surface area contributed by atoms with Gasteiger partial charge in [0.05, 0.1) is 18.9 Å². The van der Waals surface area contributed by atoms with Gasteiger partial charge in [-0.25, -0.2) is 17.2 Å². The van der Waals surface area contributed by atoms with Crippen LogP contribution in [-0.2, 0) is 14.8 Å². The van der Waals surface area contributed by atoms with Gasteiger partial charge < -0.3 is 10.5 Å². The van der Waals surface area contributed by atoms with E-state index in [1.54, 1.807) is 6.92 Å². The van der Waals surface area contributed by atoms with Gasteiger partial charge in [-0.1, -0.05) is 0 Å². The van der Waals surface area contributed by atoms with Crippen LogP contribution in [0, 0.1) is 11.6 Å². The molecule has 1 heterocycles. The van der Waals surface area contributed by atoms with Gasteiger partial charge in [0, 0.05) is 18.7 Å². The van der Waals surface area contributed by atoms with Crippen molar-refractivity contribution < 1.29 is 21.9 Å². The molecule has 1 atom stereocenters. The van der Waals surface area contributed by atoms with Crippen LogP contribution in [0.4, 0.5) is 14.5 Å². The van der Waals surface area contributed by atoms with Crippen LogP contribution in [0.1, 0.15) is 6.92 Å². The molecule has 1 aromatic carbocycles. The van der Waals surface area contributed by atoms with E-state index >= 15 is 0 Å². The number of ether oxygens (including phenoxy) is 1. The van der Waals surface area contributed by atoms with E-state index in [1.165, 1.54) is 0 Å². The monoisotopic (exact) mass is 292 g/mol. The van der Waals surface area contributed by atoms with Crippen molar-refractivity contribution >= 4 is 15.7 Å². The number of nitrogens with zero attached hydrogens (tertiary/aromatic N) is 1. The molecule has 0 spiro atoms. The topological polar surface area (TPSA) is 72.6 Å². The van der Waals surface area contributed by atoms with Crippen LogP contribution in [0.5, 0.6) is 0 Å². The molecule has 1 aromatic rings. The fraction of sp³-hybridized carbons (Fsp3) is 0.455. The quantitative estimate of drug-likeness (QED) is 0.824. The Bertz CT molecular complexity index is 592. The van der Waals surface area contributed by atoms with E-state index in [0.29, 0.717) is 6.07 Å². The number of halogens is 2. The average Bonchev–Trinajstić information content (AvgIpc) is 2.34. The maximum atomic E-state index is 13.7. The Balaban J connectivity index is 2.47. The Kier molecular flexibility index (Phi) is 3.75. The van der Waals surface area contributed by atoms with Gasteiger partial charge in [0.2, 0.25) is 10.0 Å². The molecule has 0 bridgehead atoms. The first-order valence-electron chi connectivity index (χ1n) is 5.68. The Morgan fingerprint density at radius 3 is 2.68 bits per heavy atom. The minimum absolute atomic E-state index is 0.125. The third-order valence-electron chi connectivity index (χ3n) is 2.94. The van der Waals surface area contributed by atoms with Gasteiger partial charge in [-0.05, 0) is 13.0 Å². The lowest BCUT2D eigenvalue weighted by molar-refractivity contribution is 0.0392. The highest BCUT2D eigenvalue weighted by atomic mass is 32.2. The summed E-state index contributed by atoms with van der Waals surface area (Å²) < 4.78 is 57.7.